The maximum atomic E-state index is 13.1. The van der Waals surface area contributed by atoms with Crippen molar-refractivity contribution in [2.75, 3.05) is 26.0 Å². The molecule has 0 saturated heterocycles. The molecule has 0 aliphatic heterocycles. The number of carbonyl (C=O) groups excluding carboxylic acids is 1. The average Bonchev–Trinajstić information content (AvgIpc) is 2.28. The number of aliphatic hydroxyl groups is 1. The normalized spacial score (nSPS) is 14.9. The monoisotopic (exact) mass is 307 g/mol. The fourth-order valence-electron chi connectivity index (χ4n) is 1.77. The smallest absolute Gasteiger partial charge is 0.379 e. The number of likely N-dealkylation sites (N-methyl/N-ethyl adjacent to an activating group) is 1. The predicted octanol–water partition coefficient (Wildman–Crippen LogP) is 2.10. The number of alkyl halides is 3. The number of hydrogen-bond donors (Lipinski definition) is 2. The van der Waals surface area contributed by atoms with E-state index in [-0.39, 0.29) is 12.2 Å². The molecule has 0 radical (unpaired) electrons. The highest BCUT2D eigenvalue weighted by Gasteiger charge is 2.35. The van der Waals surface area contributed by atoms with E-state index in [0.717, 1.165) is 6.07 Å². The Morgan fingerprint density at radius 2 is 1.90 bits per heavy atom. The molecule has 0 aromatic heterocycles. The Hall–Kier alpha value is -1.67. The predicted molar refractivity (Wildman–Crippen MR) is 69.2 cm³/mol. The summed E-state index contributed by atoms with van der Waals surface area (Å²) in [6, 6.07) is 2.09. The minimum atomic E-state index is -4.86. The molecule has 0 bridgehead atoms. The van der Waals surface area contributed by atoms with Gasteiger partial charge in [-0.15, -0.1) is 0 Å². The highest BCUT2D eigenvalue weighted by Crippen LogP contribution is 2.33. The fourth-order valence-corrected chi connectivity index (χ4v) is 1.77. The van der Waals surface area contributed by atoms with Gasteiger partial charge in [-0.3, -0.25) is 4.79 Å². The first-order valence-corrected chi connectivity index (χ1v) is 5.99. The second-order valence-corrected chi connectivity index (χ2v) is 5.16. The fraction of sp³-hybridized carbons (Fsp3) is 0.462. The lowest BCUT2D eigenvalue weighted by Gasteiger charge is -2.25. The number of anilines is 1. The van der Waals surface area contributed by atoms with Crippen LogP contribution in [0.5, 0.6) is 0 Å². The van der Waals surface area contributed by atoms with E-state index < -0.39 is 29.1 Å². The lowest BCUT2D eigenvalue weighted by atomic mass is 10.1. The first-order chi connectivity index (χ1) is 9.43. The average molecular weight is 307 g/mol. The largest absolute Gasteiger partial charge is 0.419 e. The van der Waals surface area contributed by atoms with Gasteiger partial charge in [0, 0.05) is 12.2 Å². The molecule has 0 fully saturated rings. The Balaban J connectivity index is 2.97. The Kier molecular flexibility index (Phi) is 4.95. The van der Waals surface area contributed by atoms with Crippen LogP contribution in [0, 0.1) is 5.82 Å². The van der Waals surface area contributed by atoms with Gasteiger partial charge in [-0.2, -0.15) is 13.2 Å². The van der Waals surface area contributed by atoms with Crippen LogP contribution in [0.25, 0.3) is 0 Å². The first-order valence-electron chi connectivity index (χ1n) is 5.99. The van der Waals surface area contributed by atoms with Crippen molar-refractivity contribution in [3.05, 3.63) is 29.6 Å². The third-order valence-electron chi connectivity index (χ3n) is 2.64. The summed E-state index contributed by atoms with van der Waals surface area (Å²) in [5, 5.41) is 12.1. The van der Waals surface area contributed by atoms with Gasteiger partial charge in [-0.1, -0.05) is 0 Å². The highest BCUT2D eigenvalue weighted by atomic mass is 19.4. The number of nitrogens with one attached hydrogen (secondary N) is 1. The number of benzene rings is 1. The van der Waals surface area contributed by atoms with Gasteiger partial charge in [-0.25, -0.2) is 4.39 Å². The third kappa shape index (κ3) is 4.68. The number of hydrogen-bond acceptors (Lipinski definition) is 3. The summed E-state index contributed by atoms with van der Waals surface area (Å²) in [5.74, 6) is -2.31. The van der Waals surface area contributed by atoms with Crippen LogP contribution in [0.2, 0.25) is 0 Å². The topological polar surface area (TPSA) is 52.6 Å². The molecular weight excluding hydrogens is 291 g/mol. The standard InChI is InChI=1S/C13H16F4N2O2/c1-12(21,7-19(2)3)11(20)18-8-4-5-10(14)9(6-8)13(15,16)17/h4-6,21H,7H2,1-3H3,(H,18,20)/i14-1. The molecule has 1 atom stereocenters. The van der Waals surface area contributed by atoms with Crippen LogP contribution in [0.3, 0.4) is 0 Å². The Morgan fingerprint density at radius 3 is 2.38 bits per heavy atom. The Bertz CT molecular complexity index is 527. The molecule has 118 valence electrons. The van der Waals surface area contributed by atoms with Crippen molar-refractivity contribution in [2.45, 2.75) is 18.7 Å². The summed E-state index contributed by atoms with van der Waals surface area (Å²) >= 11 is 0. The zero-order valence-corrected chi connectivity index (χ0v) is 11.8. The maximum Gasteiger partial charge on any atom is 0.419 e. The van der Waals surface area contributed by atoms with Gasteiger partial charge in [0.15, 0.2) is 5.60 Å². The van der Waals surface area contributed by atoms with Crippen molar-refractivity contribution in [1.29, 1.82) is 0 Å². The molecule has 8 heteroatoms. The lowest BCUT2D eigenvalue weighted by Crippen LogP contribution is -2.47. The molecule has 21 heavy (non-hydrogen) atoms. The molecule has 0 saturated carbocycles. The Labute approximate surface area is 119 Å². The number of carbonyl (C=O) groups is 1. The van der Waals surface area contributed by atoms with Gasteiger partial charge in [0.2, 0.25) is 0 Å². The van der Waals surface area contributed by atoms with E-state index in [1.807, 2.05) is 0 Å². The van der Waals surface area contributed by atoms with Gasteiger partial charge in [0.1, 0.15) is 5.82 Å². The number of nitrogens with zero attached hydrogens (tertiary/aromatic N) is 1. The molecule has 4 nitrogen and oxygen atoms in total. The third-order valence-corrected chi connectivity index (χ3v) is 2.64. The molecule has 1 aromatic rings. The van der Waals surface area contributed by atoms with E-state index in [1.54, 1.807) is 19.0 Å². The second kappa shape index (κ2) is 5.98. The van der Waals surface area contributed by atoms with E-state index in [0.29, 0.717) is 12.1 Å². The molecule has 1 unspecified atom stereocenters. The summed E-state index contributed by atoms with van der Waals surface area (Å²) < 4.78 is 50.8. The number of amides is 1. The summed E-state index contributed by atoms with van der Waals surface area (Å²) in [4.78, 5) is 13.4. The van der Waals surface area contributed by atoms with E-state index in [2.05, 4.69) is 5.32 Å². The van der Waals surface area contributed by atoms with Crippen molar-refractivity contribution in [3.8, 4) is 0 Å². The van der Waals surface area contributed by atoms with Gasteiger partial charge in [-0.05, 0) is 39.2 Å². The number of halogens is 4. The van der Waals surface area contributed by atoms with Crippen molar-refractivity contribution in [1.82, 2.24) is 4.90 Å². The molecule has 1 rings (SSSR count). The second-order valence-electron chi connectivity index (χ2n) is 5.16. The summed E-state index contributed by atoms with van der Waals surface area (Å²) in [7, 11) is 3.25. The van der Waals surface area contributed by atoms with E-state index >= 15 is 0 Å². The molecule has 0 aliphatic carbocycles. The summed E-state index contributed by atoms with van der Waals surface area (Å²) in [6.45, 7) is 1.21. The quantitative estimate of drug-likeness (QED) is 0.838. The molecule has 1 aromatic carbocycles. The zero-order chi connectivity index (χ0) is 16.4. The van der Waals surface area contributed by atoms with E-state index in [4.69, 9.17) is 0 Å². The molecule has 1 amide bonds. The van der Waals surface area contributed by atoms with Gasteiger partial charge < -0.3 is 15.3 Å². The lowest BCUT2D eigenvalue weighted by molar-refractivity contribution is -0.140. The summed E-state index contributed by atoms with van der Waals surface area (Å²) in [6.07, 6.45) is -4.86. The van der Waals surface area contributed by atoms with E-state index in [9.17, 15) is 27.5 Å². The van der Waals surface area contributed by atoms with Crippen LogP contribution < -0.4 is 5.32 Å². The highest BCUT2D eigenvalue weighted by molar-refractivity contribution is 5.97. The molecule has 0 spiro atoms. The van der Waals surface area contributed by atoms with Crippen molar-refractivity contribution in [3.63, 3.8) is 0 Å². The Morgan fingerprint density at radius 1 is 1.33 bits per heavy atom. The molecular formula is C13H16F4N2O2. The van der Waals surface area contributed by atoms with Crippen molar-refractivity contribution in [2.24, 2.45) is 0 Å². The van der Waals surface area contributed by atoms with Gasteiger partial charge >= 0.3 is 6.18 Å². The minimum absolute atomic E-state index is 0.0217. The SMILES string of the molecule is CN(C)CC(C)(O)C(=O)Nc1ccc([18F])c(C(F)(F)F)c1. The zero-order valence-electron chi connectivity index (χ0n) is 11.8. The molecule has 0 heterocycles. The van der Waals surface area contributed by atoms with Crippen molar-refractivity contribution >= 4 is 11.6 Å². The molecule has 0 aliphatic rings. The maximum absolute atomic E-state index is 13.1. The summed E-state index contributed by atoms with van der Waals surface area (Å²) in [5.41, 5.74) is -3.52. The van der Waals surface area contributed by atoms with Crippen LogP contribution in [-0.2, 0) is 11.0 Å². The number of rotatable bonds is 4. The van der Waals surface area contributed by atoms with E-state index in [1.165, 1.54) is 6.92 Å². The van der Waals surface area contributed by atoms with Gasteiger partial charge in [0.05, 0.1) is 5.56 Å². The van der Waals surface area contributed by atoms with Crippen LogP contribution in [0.15, 0.2) is 18.2 Å². The molecule has 2 N–H and O–H groups in total. The van der Waals surface area contributed by atoms with Crippen LogP contribution in [-0.4, -0.2) is 42.2 Å². The first kappa shape index (κ1) is 17.4. The van der Waals surface area contributed by atoms with Gasteiger partial charge in [0.25, 0.3) is 5.91 Å². The van der Waals surface area contributed by atoms with Crippen LogP contribution >= 0.6 is 0 Å². The van der Waals surface area contributed by atoms with Crippen LogP contribution in [0.1, 0.15) is 12.5 Å². The van der Waals surface area contributed by atoms with Crippen LogP contribution in [0.4, 0.5) is 23.2 Å². The minimum Gasteiger partial charge on any atom is -0.379 e. The van der Waals surface area contributed by atoms with Crippen molar-refractivity contribution < 1.29 is 27.5 Å².